The van der Waals surface area contributed by atoms with E-state index in [2.05, 4.69) is 39.4 Å². The average molecular weight is 276 g/mol. The molecule has 3 nitrogen and oxygen atoms in total. The molecule has 0 amide bonds. The van der Waals surface area contributed by atoms with Crippen LogP contribution < -0.4 is 11.1 Å². The molecule has 0 aliphatic carbocycles. The molecule has 0 saturated heterocycles. The molecule has 5 heteroatoms. The maximum Gasteiger partial charge on any atom is 0.149 e. The Bertz CT molecular complexity index is 306. The van der Waals surface area contributed by atoms with E-state index < -0.39 is 0 Å². The van der Waals surface area contributed by atoms with Crippen molar-refractivity contribution in [1.82, 2.24) is 4.98 Å². The number of pyridine rings is 1. The molecule has 0 aliphatic rings. The Kier molecular flexibility index (Phi) is 4.54. The van der Waals surface area contributed by atoms with Gasteiger partial charge in [0.15, 0.2) is 0 Å². The van der Waals surface area contributed by atoms with Crippen molar-refractivity contribution >= 4 is 39.2 Å². The summed E-state index contributed by atoms with van der Waals surface area (Å²) in [5, 5.41) is 3.77. The second-order valence-electron chi connectivity index (χ2n) is 3.02. The first-order chi connectivity index (χ1) is 6.63. The largest absolute Gasteiger partial charge is 0.396 e. The van der Waals surface area contributed by atoms with Crippen LogP contribution in [0.15, 0.2) is 16.7 Å². The van der Waals surface area contributed by atoms with Crippen molar-refractivity contribution in [1.29, 1.82) is 0 Å². The van der Waals surface area contributed by atoms with Crippen molar-refractivity contribution in [2.75, 3.05) is 23.9 Å². The molecule has 0 fully saturated rings. The number of aromatic nitrogens is 1. The smallest absolute Gasteiger partial charge is 0.149 e. The van der Waals surface area contributed by atoms with Gasteiger partial charge < -0.3 is 11.1 Å². The molecule has 0 spiro atoms. The molecule has 14 heavy (non-hydrogen) atoms. The molecule has 3 N–H and O–H groups in total. The summed E-state index contributed by atoms with van der Waals surface area (Å²) >= 11 is 5.13. The van der Waals surface area contributed by atoms with E-state index >= 15 is 0 Å². The summed E-state index contributed by atoms with van der Waals surface area (Å²) in [6.07, 6.45) is 3.83. The average Bonchev–Trinajstić information content (AvgIpc) is 2.16. The van der Waals surface area contributed by atoms with Gasteiger partial charge in [-0.05, 0) is 28.3 Å². The number of anilines is 2. The number of halogens is 1. The van der Waals surface area contributed by atoms with E-state index in [1.54, 1.807) is 6.20 Å². The third kappa shape index (κ3) is 3.38. The fraction of sp³-hybridized carbons (Fsp3) is 0.444. The normalized spacial score (nSPS) is 12.5. The molecule has 1 aromatic rings. The Morgan fingerprint density at radius 1 is 1.71 bits per heavy atom. The van der Waals surface area contributed by atoms with Crippen LogP contribution in [-0.2, 0) is 0 Å². The molecule has 0 bridgehead atoms. The number of nitrogen functional groups attached to an aromatic ring is 1. The van der Waals surface area contributed by atoms with Crippen LogP contribution in [0.25, 0.3) is 0 Å². The minimum atomic E-state index is 0.555. The number of thioether (sulfide) groups is 1. The number of hydrogen-bond donors (Lipinski definition) is 2. The zero-order valence-electron chi connectivity index (χ0n) is 8.25. The van der Waals surface area contributed by atoms with Gasteiger partial charge in [0.05, 0.1) is 5.69 Å². The van der Waals surface area contributed by atoms with Gasteiger partial charge in [-0.25, -0.2) is 4.98 Å². The second-order valence-corrected chi connectivity index (χ2v) is 5.21. The molecule has 1 aromatic heterocycles. The molecule has 0 saturated carbocycles. The fourth-order valence-electron chi connectivity index (χ4n) is 0.926. The molecule has 0 aliphatic heterocycles. The summed E-state index contributed by atoms with van der Waals surface area (Å²) in [5.74, 6) is 0.758. The first kappa shape index (κ1) is 11.7. The van der Waals surface area contributed by atoms with Crippen molar-refractivity contribution in [3.05, 3.63) is 16.7 Å². The number of nitrogens with zero attached hydrogens (tertiary/aromatic N) is 1. The highest BCUT2D eigenvalue weighted by atomic mass is 79.9. The van der Waals surface area contributed by atoms with Gasteiger partial charge in [-0.2, -0.15) is 11.8 Å². The second kappa shape index (κ2) is 5.46. The van der Waals surface area contributed by atoms with E-state index in [0.29, 0.717) is 10.9 Å². The highest BCUT2D eigenvalue weighted by Gasteiger charge is 2.03. The Labute approximate surface area is 97.0 Å². The zero-order valence-corrected chi connectivity index (χ0v) is 10.7. The SMILES string of the molecule is CSC(C)CNc1ncc(Br)cc1N. The van der Waals surface area contributed by atoms with Crippen LogP contribution in [0.1, 0.15) is 6.92 Å². The van der Waals surface area contributed by atoms with E-state index in [9.17, 15) is 0 Å². The Hall–Kier alpha value is -0.420. The van der Waals surface area contributed by atoms with Gasteiger partial charge in [0.2, 0.25) is 0 Å². The van der Waals surface area contributed by atoms with Crippen LogP contribution in [0, 0.1) is 0 Å². The van der Waals surface area contributed by atoms with E-state index in [1.165, 1.54) is 0 Å². The molecule has 1 unspecified atom stereocenters. The van der Waals surface area contributed by atoms with Crippen molar-refractivity contribution in [2.24, 2.45) is 0 Å². The summed E-state index contributed by atoms with van der Waals surface area (Å²) in [6.45, 7) is 3.03. The van der Waals surface area contributed by atoms with E-state index in [1.807, 2.05) is 17.8 Å². The Morgan fingerprint density at radius 3 is 3.00 bits per heavy atom. The molecular weight excluding hydrogens is 262 g/mol. The maximum absolute atomic E-state index is 5.79. The lowest BCUT2D eigenvalue weighted by Gasteiger charge is -2.11. The number of rotatable bonds is 4. The summed E-state index contributed by atoms with van der Waals surface area (Å²) in [6, 6.07) is 1.85. The van der Waals surface area contributed by atoms with E-state index in [-0.39, 0.29) is 0 Å². The first-order valence-electron chi connectivity index (χ1n) is 4.31. The molecule has 78 valence electrons. The summed E-state index contributed by atoms with van der Waals surface area (Å²) in [7, 11) is 0. The minimum Gasteiger partial charge on any atom is -0.396 e. The highest BCUT2D eigenvalue weighted by molar-refractivity contribution is 9.10. The van der Waals surface area contributed by atoms with Gasteiger partial charge in [-0.3, -0.25) is 0 Å². The minimum absolute atomic E-state index is 0.555. The number of hydrogen-bond acceptors (Lipinski definition) is 4. The van der Waals surface area contributed by atoms with Gasteiger partial charge >= 0.3 is 0 Å². The van der Waals surface area contributed by atoms with Crippen LogP contribution in [0.3, 0.4) is 0 Å². The van der Waals surface area contributed by atoms with Crippen molar-refractivity contribution in [3.8, 4) is 0 Å². The van der Waals surface area contributed by atoms with Gasteiger partial charge in [0.1, 0.15) is 5.82 Å². The lowest BCUT2D eigenvalue weighted by Crippen LogP contribution is -2.14. The Morgan fingerprint density at radius 2 is 2.43 bits per heavy atom. The predicted octanol–water partition coefficient (Wildman–Crippen LogP) is 2.59. The molecule has 0 radical (unpaired) electrons. The topological polar surface area (TPSA) is 50.9 Å². The summed E-state index contributed by atoms with van der Waals surface area (Å²) < 4.78 is 0.901. The van der Waals surface area contributed by atoms with Gasteiger partial charge in [0.25, 0.3) is 0 Å². The lowest BCUT2D eigenvalue weighted by atomic mass is 10.4. The summed E-state index contributed by atoms with van der Waals surface area (Å²) in [4.78, 5) is 4.19. The molecular formula is C9H14BrN3S. The fourth-order valence-corrected chi connectivity index (χ4v) is 1.53. The van der Waals surface area contributed by atoms with Gasteiger partial charge in [0, 0.05) is 22.5 Å². The third-order valence-corrected chi connectivity index (χ3v) is 3.25. The van der Waals surface area contributed by atoms with Gasteiger partial charge in [-0.15, -0.1) is 0 Å². The number of nitrogens with two attached hydrogens (primary N) is 1. The predicted molar refractivity (Wildman–Crippen MR) is 67.8 cm³/mol. The van der Waals surface area contributed by atoms with Crippen LogP contribution in [-0.4, -0.2) is 23.0 Å². The van der Waals surface area contributed by atoms with Gasteiger partial charge in [-0.1, -0.05) is 6.92 Å². The standard InChI is InChI=1S/C9H14BrN3S/c1-6(14-2)4-12-9-8(11)3-7(10)5-13-9/h3,5-6H,4,11H2,1-2H3,(H,12,13). The van der Waals surface area contributed by atoms with Crippen molar-refractivity contribution in [3.63, 3.8) is 0 Å². The van der Waals surface area contributed by atoms with Crippen LogP contribution in [0.4, 0.5) is 11.5 Å². The molecule has 1 heterocycles. The van der Waals surface area contributed by atoms with Crippen molar-refractivity contribution < 1.29 is 0 Å². The Balaban J connectivity index is 2.59. The third-order valence-electron chi connectivity index (χ3n) is 1.84. The monoisotopic (exact) mass is 275 g/mol. The maximum atomic E-state index is 5.79. The molecule has 0 aromatic carbocycles. The number of nitrogens with one attached hydrogen (secondary N) is 1. The summed E-state index contributed by atoms with van der Waals surface area (Å²) in [5.41, 5.74) is 6.46. The van der Waals surface area contributed by atoms with E-state index in [4.69, 9.17) is 5.73 Å². The first-order valence-corrected chi connectivity index (χ1v) is 6.39. The van der Waals surface area contributed by atoms with Crippen LogP contribution in [0.5, 0.6) is 0 Å². The van der Waals surface area contributed by atoms with E-state index in [0.717, 1.165) is 16.8 Å². The lowest BCUT2D eigenvalue weighted by molar-refractivity contribution is 0.992. The van der Waals surface area contributed by atoms with Crippen LogP contribution >= 0.6 is 27.7 Å². The zero-order chi connectivity index (χ0) is 10.6. The van der Waals surface area contributed by atoms with Crippen molar-refractivity contribution in [2.45, 2.75) is 12.2 Å². The molecule has 1 atom stereocenters. The quantitative estimate of drug-likeness (QED) is 0.887. The highest BCUT2D eigenvalue weighted by Crippen LogP contribution is 2.20. The molecule has 1 rings (SSSR count). The van der Waals surface area contributed by atoms with Crippen LogP contribution in [0.2, 0.25) is 0 Å².